The first-order valence-corrected chi connectivity index (χ1v) is 11.0. The molecule has 4 rings (SSSR count). The molecule has 1 aliphatic heterocycles. The summed E-state index contributed by atoms with van der Waals surface area (Å²) >= 11 is 1.28. The fraction of sp³-hybridized carbons (Fsp3) is 0.429. The third kappa shape index (κ3) is 4.07. The zero-order chi connectivity index (χ0) is 22.1. The minimum Gasteiger partial charge on any atom is -0.497 e. The normalized spacial score (nSPS) is 14.7. The van der Waals surface area contributed by atoms with Crippen LogP contribution in [0.1, 0.15) is 31.4 Å². The molecule has 1 atom stereocenters. The molecule has 31 heavy (non-hydrogen) atoms. The minimum absolute atomic E-state index is 0.215. The molecule has 9 nitrogen and oxygen atoms in total. The molecular weight excluding hydrogens is 418 g/mol. The number of fused-ring (bicyclic) bond motifs is 1. The Morgan fingerprint density at radius 1 is 1.23 bits per heavy atom. The number of thiazole rings is 1. The van der Waals surface area contributed by atoms with E-state index in [1.165, 1.54) is 23.0 Å². The van der Waals surface area contributed by atoms with Gasteiger partial charge in [-0.2, -0.15) is 0 Å². The molecule has 10 heteroatoms. The molecule has 0 spiro atoms. The van der Waals surface area contributed by atoms with Gasteiger partial charge in [-0.3, -0.25) is 18.7 Å². The Kier molecular flexibility index (Phi) is 5.81. The van der Waals surface area contributed by atoms with E-state index in [0.717, 1.165) is 46.9 Å². The smallest absolute Gasteiger partial charge is 0.332 e. The first kappa shape index (κ1) is 21.1. The number of rotatable bonds is 6. The zero-order valence-corrected chi connectivity index (χ0v) is 18.6. The maximum atomic E-state index is 12.8. The summed E-state index contributed by atoms with van der Waals surface area (Å²) in [5, 5.41) is 3.63. The van der Waals surface area contributed by atoms with Crippen molar-refractivity contribution in [1.29, 1.82) is 0 Å². The van der Waals surface area contributed by atoms with E-state index in [-0.39, 0.29) is 29.7 Å². The van der Waals surface area contributed by atoms with Crippen LogP contribution in [0.4, 0.5) is 5.13 Å². The summed E-state index contributed by atoms with van der Waals surface area (Å²) in [7, 11) is 3.02. The molecule has 164 valence electrons. The third-order valence-corrected chi connectivity index (χ3v) is 6.64. The standard InChI is InChI=1S/C21H25N5O4S/c1-13(14-6-8-15(30-3)9-7-14)22-16(27)12-26-18-17(19(28)24(2)21(26)29)31-20(23-18)25-10-4-5-11-25/h6-9,13H,4-5,10-12H2,1-3H3,(H,22,27)/t13-/m0/s1. The van der Waals surface area contributed by atoms with Gasteiger partial charge >= 0.3 is 5.69 Å². The van der Waals surface area contributed by atoms with Gasteiger partial charge in [0.2, 0.25) is 5.91 Å². The molecule has 1 fully saturated rings. The highest BCUT2D eigenvalue weighted by Crippen LogP contribution is 2.28. The fourth-order valence-corrected chi connectivity index (χ4v) is 4.82. The van der Waals surface area contributed by atoms with Gasteiger partial charge in [-0.1, -0.05) is 23.5 Å². The summed E-state index contributed by atoms with van der Waals surface area (Å²) in [5.74, 6) is 0.403. The number of amides is 1. The first-order valence-electron chi connectivity index (χ1n) is 10.2. The second-order valence-corrected chi connectivity index (χ2v) is 8.62. The molecule has 1 amide bonds. The Morgan fingerprint density at radius 2 is 1.90 bits per heavy atom. The molecule has 0 unspecified atom stereocenters. The topological polar surface area (TPSA) is 98.5 Å². The van der Waals surface area contributed by atoms with Crippen LogP contribution in [-0.4, -0.2) is 40.2 Å². The van der Waals surface area contributed by atoms with E-state index >= 15 is 0 Å². The van der Waals surface area contributed by atoms with Crippen LogP contribution in [0.2, 0.25) is 0 Å². The number of nitrogens with zero attached hydrogens (tertiary/aromatic N) is 4. The van der Waals surface area contributed by atoms with Crippen molar-refractivity contribution in [3.8, 4) is 5.75 Å². The van der Waals surface area contributed by atoms with Crippen LogP contribution >= 0.6 is 11.3 Å². The van der Waals surface area contributed by atoms with Crippen LogP contribution in [0.3, 0.4) is 0 Å². The van der Waals surface area contributed by atoms with Crippen molar-refractivity contribution in [2.45, 2.75) is 32.4 Å². The average molecular weight is 444 g/mol. The maximum absolute atomic E-state index is 12.8. The molecule has 0 saturated carbocycles. The molecule has 0 radical (unpaired) electrons. The van der Waals surface area contributed by atoms with Gasteiger partial charge in [-0.15, -0.1) is 0 Å². The number of carbonyl (C=O) groups excluding carboxylic acids is 1. The SMILES string of the molecule is COc1ccc([C@H](C)NC(=O)Cn2c(=O)n(C)c(=O)c3sc(N4CCCC4)nc32)cc1. The predicted octanol–water partition coefficient (Wildman–Crippen LogP) is 1.64. The first-order chi connectivity index (χ1) is 14.9. The quantitative estimate of drug-likeness (QED) is 0.622. The van der Waals surface area contributed by atoms with E-state index in [1.807, 2.05) is 31.2 Å². The molecule has 1 saturated heterocycles. The number of carbonyl (C=O) groups is 1. The molecule has 1 N–H and O–H groups in total. The Hall–Kier alpha value is -3.14. The Labute approximate surface area is 182 Å². The molecule has 1 aromatic carbocycles. The van der Waals surface area contributed by atoms with Crippen LogP contribution in [0.25, 0.3) is 10.3 Å². The van der Waals surface area contributed by atoms with Gasteiger partial charge in [0, 0.05) is 20.1 Å². The van der Waals surface area contributed by atoms with Gasteiger partial charge in [-0.25, -0.2) is 9.78 Å². The molecule has 0 bridgehead atoms. The molecule has 2 aromatic heterocycles. The van der Waals surface area contributed by atoms with E-state index in [2.05, 4.69) is 15.2 Å². The van der Waals surface area contributed by atoms with Gasteiger partial charge < -0.3 is 15.0 Å². The van der Waals surface area contributed by atoms with Gasteiger partial charge in [-0.05, 0) is 37.5 Å². The highest BCUT2D eigenvalue weighted by molar-refractivity contribution is 7.22. The highest BCUT2D eigenvalue weighted by atomic mass is 32.1. The lowest BCUT2D eigenvalue weighted by atomic mass is 10.1. The van der Waals surface area contributed by atoms with E-state index < -0.39 is 5.69 Å². The average Bonchev–Trinajstić information content (AvgIpc) is 3.45. The van der Waals surface area contributed by atoms with Crippen LogP contribution < -0.4 is 26.2 Å². The van der Waals surface area contributed by atoms with Crippen molar-refractivity contribution in [3.05, 3.63) is 50.7 Å². The van der Waals surface area contributed by atoms with Gasteiger partial charge in [0.05, 0.1) is 13.2 Å². The summed E-state index contributed by atoms with van der Waals surface area (Å²) in [6.45, 7) is 3.41. The van der Waals surface area contributed by atoms with Crippen LogP contribution in [0.15, 0.2) is 33.9 Å². The van der Waals surface area contributed by atoms with Crippen molar-refractivity contribution in [2.75, 3.05) is 25.1 Å². The highest BCUT2D eigenvalue weighted by Gasteiger charge is 2.22. The van der Waals surface area contributed by atoms with Crippen molar-refractivity contribution in [3.63, 3.8) is 0 Å². The van der Waals surface area contributed by atoms with Crippen LogP contribution in [0.5, 0.6) is 5.75 Å². The predicted molar refractivity (Wildman–Crippen MR) is 120 cm³/mol. The summed E-state index contributed by atoms with van der Waals surface area (Å²) in [4.78, 5) is 44.8. The van der Waals surface area contributed by atoms with E-state index in [9.17, 15) is 14.4 Å². The monoisotopic (exact) mass is 443 g/mol. The molecule has 1 aliphatic rings. The lowest BCUT2D eigenvalue weighted by Crippen LogP contribution is -2.41. The number of anilines is 1. The number of ether oxygens (including phenoxy) is 1. The van der Waals surface area contributed by atoms with Crippen molar-refractivity contribution >= 4 is 32.7 Å². The second kappa shape index (κ2) is 8.54. The van der Waals surface area contributed by atoms with Crippen molar-refractivity contribution in [2.24, 2.45) is 7.05 Å². The number of nitrogens with one attached hydrogen (secondary N) is 1. The van der Waals surface area contributed by atoms with Crippen molar-refractivity contribution in [1.82, 2.24) is 19.4 Å². The number of hydrogen-bond donors (Lipinski definition) is 1. The van der Waals surface area contributed by atoms with E-state index in [1.54, 1.807) is 7.11 Å². The van der Waals surface area contributed by atoms with E-state index in [4.69, 9.17) is 4.74 Å². The molecular formula is C21H25N5O4S. The summed E-state index contributed by atoms with van der Waals surface area (Å²) in [6, 6.07) is 7.15. The van der Waals surface area contributed by atoms with Gasteiger partial charge in [0.25, 0.3) is 5.56 Å². The Bertz CT molecular complexity index is 1220. The lowest BCUT2D eigenvalue weighted by Gasteiger charge is -2.16. The van der Waals surface area contributed by atoms with Gasteiger partial charge in [0.15, 0.2) is 10.8 Å². The second-order valence-electron chi connectivity index (χ2n) is 7.64. The van der Waals surface area contributed by atoms with Gasteiger partial charge in [0.1, 0.15) is 17.0 Å². The van der Waals surface area contributed by atoms with Crippen LogP contribution in [-0.2, 0) is 18.4 Å². The maximum Gasteiger partial charge on any atom is 0.332 e. The molecule has 3 aromatic rings. The largest absolute Gasteiger partial charge is 0.497 e. The third-order valence-electron chi connectivity index (χ3n) is 5.54. The molecule has 0 aliphatic carbocycles. The fourth-order valence-electron chi connectivity index (χ4n) is 3.73. The summed E-state index contributed by atoms with van der Waals surface area (Å²) < 4.78 is 7.87. The zero-order valence-electron chi connectivity index (χ0n) is 17.8. The van der Waals surface area contributed by atoms with Crippen LogP contribution in [0, 0.1) is 0 Å². The number of aromatic nitrogens is 3. The van der Waals surface area contributed by atoms with E-state index in [0.29, 0.717) is 4.70 Å². The molecule has 3 heterocycles. The Balaban J connectivity index is 1.61. The summed E-state index contributed by atoms with van der Waals surface area (Å²) in [6.07, 6.45) is 2.15. The lowest BCUT2D eigenvalue weighted by molar-refractivity contribution is -0.122. The summed E-state index contributed by atoms with van der Waals surface area (Å²) in [5.41, 5.74) is 0.249. The number of benzene rings is 1. The van der Waals surface area contributed by atoms with Crippen molar-refractivity contribution < 1.29 is 9.53 Å². The Morgan fingerprint density at radius 3 is 2.55 bits per heavy atom. The number of methoxy groups -OCH3 is 1. The minimum atomic E-state index is -0.553. The number of hydrogen-bond acceptors (Lipinski definition) is 7.